The molecule has 1 heterocycles. The Morgan fingerprint density at radius 2 is 1.91 bits per heavy atom. The van der Waals surface area contributed by atoms with Crippen LogP contribution in [0.5, 0.6) is 0 Å². The Bertz CT molecular complexity index is 602. The van der Waals surface area contributed by atoms with Gasteiger partial charge < -0.3 is 10.4 Å². The number of rotatable bonds is 5. The van der Waals surface area contributed by atoms with E-state index >= 15 is 0 Å². The van der Waals surface area contributed by atoms with Gasteiger partial charge in [-0.2, -0.15) is 0 Å². The molecule has 1 aromatic carbocycles. The fourth-order valence-corrected chi connectivity index (χ4v) is 2.61. The molecule has 1 saturated heterocycles. The van der Waals surface area contributed by atoms with Crippen LogP contribution in [0.2, 0.25) is 0 Å². The second kappa shape index (κ2) is 6.00. The summed E-state index contributed by atoms with van der Waals surface area (Å²) in [6.45, 7) is 3.18. The van der Waals surface area contributed by atoms with Crippen molar-refractivity contribution in [3.05, 3.63) is 35.4 Å². The number of nitrogens with zero attached hydrogens (tertiary/aromatic N) is 1. The topological polar surface area (TPSA) is 69.6 Å². The number of nitrogens with one attached hydrogen (secondary N) is 1. The van der Waals surface area contributed by atoms with Crippen LogP contribution in [0.1, 0.15) is 38.4 Å². The maximum Gasteiger partial charge on any atom is 0.325 e. The number of carbonyl (C=O) groups excluding carboxylic acids is 2. The Labute approximate surface area is 126 Å². The van der Waals surface area contributed by atoms with Crippen LogP contribution >= 0.6 is 0 Å². The van der Waals surface area contributed by atoms with Crippen LogP contribution in [-0.2, 0) is 4.79 Å². The maximum atomic E-state index is 13.6. The van der Waals surface area contributed by atoms with Crippen LogP contribution in [0.4, 0.5) is 13.6 Å². The summed E-state index contributed by atoms with van der Waals surface area (Å²) in [5.41, 5.74) is -1.13. The number of hydrogen-bond acceptors (Lipinski definition) is 3. The van der Waals surface area contributed by atoms with Gasteiger partial charge in [0.25, 0.3) is 5.91 Å². The van der Waals surface area contributed by atoms with Gasteiger partial charge in [-0.3, -0.25) is 9.69 Å². The van der Waals surface area contributed by atoms with Gasteiger partial charge in [-0.15, -0.1) is 0 Å². The van der Waals surface area contributed by atoms with Crippen molar-refractivity contribution in [3.63, 3.8) is 0 Å². The lowest BCUT2D eigenvalue weighted by Gasteiger charge is -2.24. The first-order valence-electron chi connectivity index (χ1n) is 7.11. The zero-order valence-corrected chi connectivity index (χ0v) is 12.4. The molecule has 1 atom stereocenters. The van der Waals surface area contributed by atoms with E-state index in [0.717, 1.165) is 17.0 Å². The molecule has 7 heteroatoms. The highest BCUT2D eigenvalue weighted by Crippen LogP contribution is 2.27. The lowest BCUT2D eigenvalue weighted by atomic mass is 9.93. The lowest BCUT2D eigenvalue weighted by Crippen LogP contribution is -2.46. The molecular weight excluding hydrogens is 294 g/mol. The second-order valence-electron chi connectivity index (χ2n) is 5.32. The average molecular weight is 312 g/mol. The number of aliphatic hydroxyl groups excluding tert-OH is 1. The third kappa shape index (κ3) is 2.68. The van der Waals surface area contributed by atoms with Crippen LogP contribution < -0.4 is 5.32 Å². The monoisotopic (exact) mass is 312 g/mol. The molecule has 2 N–H and O–H groups in total. The number of hydrogen-bond donors (Lipinski definition) is 2. The minimum Gasteiger partial charge on any atom is -0.386 e. The van der Waals surface area contributed by atoms with Gasteiger partial charge in [0.05, 0.1) is 12.6 Å². The predicted octanol–water partition coefficient (Wildman–Crippen LogP) is 2.11. The molecule has 1 fully saturated rings. The number of carbonyl (C=O) groups is 2. The largest absolute Gasteiger partial charge is 0.386 e. The van der Waals surface area contributed by atoms with Crippen molar-refractivity contribution in [2.45, 2.75) is 38.3 Å². The fourth-order valence-electron chi connectivity index (χ4n) is 2.61. The van der Waals surface area contributed by atoms with E-state index in [1.54, 1.807) is 13.8 Å². The highest BCUT2D eigenvalue weighted by Gasteiger charge is 2.49. The van der Waals surface area contributed by atoms with Crippen molar-refractivity contribution in [3.8, 4) is 0 Å². The van der Waals surface area contributed by atoms with Crippen molar-refractivity contribution in [2.24, 2.45) is 0 Å². The van der Waals surface area contributed by atoms with Crippen LogP contribution in [0, 0.1) is 11.6 Å². The van der Waals surface area contributed by atoms with Crippen LogP contribution in [0.3, 0.4) is 0 Å². The molecule has 0 spiro atoms. The molecule has 1 aromatic rings. The third-order valence-electron chi connectivity index (χ3n) is 4.13. The molecular formula is C15H18F2N2O3. The van der Waals surface area contributed by atoms with Gasteiger partial charge in [0.1, 0.15) is 17.2 Å². The van der Waals surface area contributed by atoms with Gasteiger partial charge in [-0.05, 0) is 18.9 Å². The van der Waals surface area contributed by atoms with E-state index in [1.807, 2.05) is 0 Å². The molecule has 22 heavy (non-hydrogen) atoms. The summed E-state index contributed by atoms with van der Waals surface area (Å²) in [5, 5.41) is 12.7. The van der Waals surface area contributed by atoms with Gasteiger partial charge in [0.2, 0.25) is 0 Å². The molecule has 120 valence electrons. The standard InChI is InChI=1S/C15H18F2N2O3/c1-3-15(4-2)13(21)19(14(22)18-15)8-12(20)10-6-5-9(16)7-11(10)17/h5-7,12,20H,3-4,8H2,1-2H3,(H,18,22). The number of halogens is 2. The summed E-state index contributed by atoms with van der Waals surface area (Å²) >= 11 is 0. The summed E-state index contributed by atoms with van der Waals surface area (Å²) < 4.78 is 26.5. The van der Waals surface area contributed by atoms with Crippen LogP contribution in [0.15, 0.2) is 18.2 Å². The van der Waals surface area contributed by atoms with E-state index in [2.05, 4.69) is 5.32 Å². The summed E-state index contributed by atoms with van der Waals surface area (Å²) in [5.74, 6) is -2.12. The average Bonchev–Trinajstić information content (AvgIpc) is 2.71. The molecule has 3 amide bonds. The van der Waals surface area contributed by atoms with E-state index in [-0.39, 0.29) is 12.1 Å². The van der Waals surface area contributed by atoms with Gasteiger partial charge in [-0.1, -0.05) is 19.9 Å². The minimum atomic E-state index is -1.42. The van der Waals surface area contributed by atoms with Crippen molar-refractivity contribution in [2.75, 3.05) is 6.54 Å². The Kier molecular flexibility index (Phi) is 4.46. The zero-order chi connectivity index (χ0) is 16.5. The highest BCUT2D eigenvalue weighted by molar-refractivity contribution is 6.07. The number of imide groups is 1. The number of urea groups is 1. The molecule has 1 aliphatic rings. The Morgan fingerprint density at radius 1 is 1.27 bits per heavy atom. The molecule has 0 saturated carbocycles. The van der Waals surface area contributed by atoms with E-state index < -0.39 is 35.2 Å². The quantitative estimate of drug-likeness (QED) is 0.818. The van der Waals surface area contributed by atoms with E-state index in [9.17, 15) is 23.5 Å². The van der Waals surface area contributed by atoms with Crippen molar-refractivity contribution >= 4 is 11.9 Å². The Hall–Kier alpha value is -2.02. The molecule has 1 aliphatic heterocycles. The lowest BCUT2D eigenvalue weighted by molar-refractivity contribution is -0.132. The van der Waals surface area contributed by atoms with Crippen molar-refractivity contribution in [1.29, 1.82) is 0 Å². The predicted molar refractivity (Wildman–Crippen MR) is 74.9 cm³/mol. The molecule has 1 unspecified atom stereocenters. The smallest absolute Gasteiger partial charge is 0.325 e. The SMILES string of the molecule is CCC1(CC)NC(=O)N(CC(O)c2ccc(F)cc2F)C1=O. The molecule has 0 bridgehead atoms. The highest BCUT2D eigenvalue weighted by atomic mass is 19.1. The van der Waals surface area contributed by atoms with E-state index in [4.69, 9.17) is 0 Å². The molecule has 5 nitrogen and oxygen atoms in total. The van der Waals surface area contributed by atoms with Crippen molar-refractivity contribution in [1.82, 2.24) is 10.2 Å². The van der Waals surface area contributed by atoms with Crippen molar-refractivity contribution < 1.29 is 23.5 Å². The van der Waals surface area contributed by atoms with Gasteiger partial charge >= 0.3 is 6.03 Å². The summed E-state index contributed by atoms with van der Waals surface area (Å²) in [6.07, 6.45) is -0.572. The normalized spacial score (nSPS) is 18.5. The molecule has 0 radical (unpaired) electrons. The van der Waals surface area contributed by atoms with Crippen LogP contribution in [0.25, 0.3) is 0 Å². The minimum absolute atomic E-state index is 0.160. The van der Waals surface area contributed by atoms with Gasteiger partial charge in [0, 0.05) is 11.6 Å². The van der Waals surface area contributed by atoms with E-state index in [1.165, 1.54) is 0 Å². The fraction of sp³-hybridized carbons (Fsp3) is 0.467. The molecule has 2 rings (SSSR count). The first kappa shape index (κ1) is 16.4. The summed E-state index contributed by atoms with van der Waals surface area (Å²) in [6, 6.07) is 2.14. The van der Waals surface area contributed by atoms with E-state index in [0.29, 0.717) is 18.9 Å². The summed E-state index contributed by atoms with van der Waals surface area (Å²) in [4.78, 5) is 25.2. The first-order chi connectivity index (χ1) is 10.3. The first-order valence-corrected chi connectivity index (χ1v) is 7.11. The number of β-amino-alcohol motifs (C(OH)–C–C–N with tert-alkyl or cyclic N) is 1. The Morgan fingerprint density at radius 3 is 2.41 bits per heavy atom. The third-order valence-corrected chi connectivity index (χ3v) is 4.13. The maximum absolute atomic E-state index is 13.6. The van der Waals surface area contributed by atoms with Gasteiger partial charge in [-0.25, -0.2) is 13.6 Å². The van der Waals surface area contributed by atoms with Gasteiger partial charge in [0.15, 0.2) is 0 Å². The molecule has 0 aliphatic carbocycles. The second-order valence-corrected chi connectivity index (χ2v) is 5.32. The Balaban J connectivity index is 2.20. The number of aliphatic hydroxyl groups is 1. The van der Waals surface area contributed by atoms with Crippen LogP contribution in [-0.4, -0.2) is 34.0 Å². The zero-order valence-electron chi connectivity index (χ0n) is 12.4. The molecule has 0 aromatic heterocycles. The number of amides is 3. The summed E-state index contributed by atoms with van der Waals surface area (Å²) in [7, 11) is 0. The number of benzene rings is 1.